The summed E-state index contributed by atoms with van der Waals surface area (Å²) in [5, 5.41) is 9.91. The lowest BCUT2D eigenvalue weighted by molar-refractivity contribution is 0.0966. The van der Waals surface area contributed by atoms with Gasteiger partial charge in [-0.1, -0.05) is 12.1 Å². The van der Waals surface area contributed by atoms with Crippen molar-refractivity contribution in [2.24, 2.45) is 0 Å². The molecule has 0 spiro atoms. The van der Waals surface area contributed by atoms with Crippen molar-refractivity contribution in [2.45, 2.75) is 51.7 Å². The third kappa shape index (κ3) is 4.63. The summed E-state index contributed by atoms with van der Waals surface area (Å²) in [5.41, 5.74) is 6.48. The number of rotatable bonds is 6. The van der Waals surface area contributed by atoms with Gasteiger partial charge in [-0.25, -0.2) is 14.4 Å². The number of anilines is 2. The number of nitrogens with zero attached hydrogens (tertiary/aromatic N) is 3. The molecule has 2 aliphatic heterocycles. The number of carbonyl (C=O) groups is 1. The lowest BCUT2D eigenvalue weighted by Crippen LogP contribution is -2.35. The highest BCUT2D eigenvalue weighted by atomic mass is 19.1. The summed E-state index contributed by atoms with van der Waals surface area (Å²) >= 11 is 0. The first kappa shape index (κ1) is 24.5. The molecule has 1 amide bonds. The zero-order valence-electron chi connectivity index (χ0n) is 21.8. The molecule has 1 atom stereocenters. The van der Waals surface area contributed by atoms with E-state index in [1.54, 1.807) is 12.4 Å². The Morgan fingerprint density at radius 2 is 2.08 bits per heavy atom. The fourth-order valence-corrected chi connectivity index (χ4v) is 5.21. The third-order valence-electron chi connectivity index (χ3n) is 7.14. The van der Waals surface area contributed by atoms with Crippen LogP contribution in [0.4, 0.5) is 15.9 Å². The fraction of sp³-hybridized carbons (Fsp3) is 0.345. The van der Waals surface area contributed by atoms with Crippen molar-refractivity contribution in [2.75, 3.05) is 18.5 Å². The van der Waals surface area contributed by atoms with Crippen molar-refractivity contribution < 1.29 is 13.9 Å². The van der Waals surface area contributed by atoms with Gasteiger partial charge in [0.15, 0.2) is 0 Å². The molecule has 2 aliphatic rings. The molecule has 196 valence electrons. The van der Waals surface area contributed by atoms with Gasteiger partial charge >= 0.3 is 0 Å². The van der Waals surface area contributed by atoms with E-state index in [1.807, 2.05) is 22.6 Å². The Morgan fingerprint density at radius 1 is 1.21 bits per heavy atom. The van der Waals surface area contributed by atoms with Gasteiger partial charge in [0.25, 0.3) is 5.91 Å². The molecule has 0 radical (unpaired) electrons. The normalized spacial score (nSPS) is 17.2. The summed E-state index contributed by atoms with van der Waals surface area (Å²) in [6.07, 6.45) is 4.35. The number of amides is 1. The number of fused-ring (bicyclic) bond motifs is 2. The first-order valence-electron chi connectivity index (χ1n) is 12.9. The van der Waals surface area contributed by atoms with Crippen LogP contribution >= 0.6 is 0 Å². The van der Waals surface area contributed by atoms with Gasteiger partial charge < -0.3 is 20.7 Å². The molecular weight excluding hydrogens is 483 g/mol. The van der Waals surface area contributed by atoms with Crippen molar-refractivity contribution in [3.63, 3.8) is 0 Å². The van der Waals surface area contributed by atoms with Gasteiger partial charge in [-0.15, -0.1) is 0 Å². The zero-order valence-corrected chi connectivity index (χ0v) is 21.8. The maximum atomic E-state index is 13.7. The average Bonchev–Trinajstić information content (AvgIpc) is 3.63. The van der Waals surface area contributed by atoms with Crippen LogP contribution in [-0.4, -0.2) is 39.0 Å². The smallest absolute Gasteiger partial charge is 0.254 e. The number of benzene rings is 1. The highest BCUT2D eigenvalue weighted by Gasteiger charge is 2.28. The molecule has 1 unspecified atom stereocenters. The lowest BCUT2D eigenvalue weighted by atomic mass is 9.96. The van der Waals surface area contributed by atoms with E-state index in [-0.39, 0.29) is 17.3 Å². The molecule has 1 saturated heterocycles. The monoisotopic (exact) mass is 514 g/mol. The van der Waals surface area contributed by atoms with Gasteiger partial charge in [-0.2, -0.15) is 0 Å². The van der Waals surface area contributed by atoms with E-state index in [0.717, 1.165) is 35.5 Å². The molecule has 38 heavy (non-hydrogen) atoms. The van der Waals surface area contributed by atoms with Crippen molar-refractivity contribution >= 4 is 23.1 Å². The van der Waals surface area contributed by atoms with E-state index in [9.17, 15) is 9.18 Å². The summed E-state index contributed by atoms with van der Waals surface area (Å²) in [4.78, 5) is 22.3. The van der Waals surface area contributed by atoms with Crippen LogP contribution in [0.25, 0.3) is 16.9 Å². The van der Waals surface area contributed by atoms with Crippen LogP contribution in [-0.2, 0) is 17.8 Å². The molecule has 9 heteroatoms. The Hall–Kier alpha value is -3.82. The number of halogens is 1. The standard InChI is InChI=1S/C29H31FN6O2/c1-29(2,3)33-14-23-19(17-9-11-38-16-17)5-7-25(35-23)34-22-6-4-20(21-13-32-28(37)27(21)22)24-15-31-26-12-18(30)8-10-36(24)26/h4-8,10,12,15,17,33H,9,11,13-14,16H2,1-3H3,(H,32,37)(H,34,35). The topological polar surface area (TPSA) is 92.6 Å². The van der Waals surface area contributed by atoms with E-state index in [4.69, 9.17) is 9.72 Å². The molecule has 0 bridgehead atoms. The predicted molar refractivity (Wildman–Crippen MR) is 144 cm³/mol. The summed E-state index contributed by atoms with van der Waals surface area (Å²) in [5.74, 6) is 0.533. The van der Waals surface area contributed by atoms with Crippen LogP contribution in [0.5, 0.6) is 0 Å². The summed E-state index contributed by atoms with van der Waals surface area (Å²) in [6, 6.07) is 10.8. The summed E-state index contributed by atoms with van der Waals surface area (Å²) < 4.78 is 21.2. The number of imidazole rings is 1. The van der Waals surface area contributed by atoms with Crippen LogP contribution < -0.4 is 16.0 Å². The first-order chi connectivity index (χ1) is 18.3. The van der Waals surface area contributed by atoms with Gasteiger partial charge in [0.2, 0.25) is 0 Å². The van der Waals surface area contributed by atoms with Crippen molar-refractivity contribution in [3.05, 3.63) is 77.0 Å². The molecule has 5 heterocycles. The Balaban J connectivity index is 1.36. The van der Waals surface area contributed by atoms with Crippen LogP contribution in [0.1, 0.15) is 60.3 Å². The number of hydrogen-bond donors (Lipinski definition) is 3. The quantitative estimate of drug-likeness (QED) is 0.339. The number of hydrogen-bond acceptors (Lipinski definition) is 6. The maximum absolute atomic E-state index is 13.7. The molecule has 0 aliphatic carbocycles. The molecule has 6 rings (SSSR count). The minimum atomic E-state index is -0.340. The summed E-state index contributed by atoms with van der Waals surface area (Å²) in [7, 11) is 0. The van der Waals surface area contributed by atoms with Gasteiger partial charge in [0, 0.05) is 49.0 Å². The first-order valence-corrected chi connectivity index (χ1v) is 12.9. The highest BCUT2D eigenvalue weighted by molar-refractivity contribution is 6.06. The molecule has 1 aromatic carbocycles. The Labute approximate surface area is 220 Å². The Kier molecular flexibility index (Phi) is 6.12. The van der Waals surface area contributed by atoms with Crippen LogP contribution in [0.3, 0.4) is 0 Å². The minimum absolute atomic E-state index is 0.0487. The van der Waals surface area contributed by atoms with Crippen LogP contribution in [0.2, 0.25) is 0 Å². The fourth-order valence-electron chi connectivity index (χ4n) is 5.21. The third-order valence-corrected chi connectivity index (χ3v) is 7.14. The second-order valence-corrected chi connectivity index (χ2v) is 10.9. The second kappa shape index (κ2) is 9.49. The molecule has 4 aromatic rings. The largest absolute Gasteiger partial charge is 0.381 e. The van der Waals surface area contributed by atoms with Gasteiger partial charge in [-0.05, 0) is 56.5 Å². The second-order valence-electron chi connectivity index (χ2n) is 10.9. The zero-order chi connectivity index (χ0) is 26.4. The molecule has 3 aromatic heterocycles. The van der Waals surface area contributed by atoms with E-state index in [1.165, 1.54) is 17.7 Å². The van der Waals surface area contributed by atoms with Crippen molar-refractivity contribution in [3.8, 4) is 11.3 Å². The Bertz CT molecular complexity index is 1530. The average molecular weight is 515 g/mol. The number of aromatic nitrogens is 3. The molecule has 8 nitrogen and oxygen atoms in total. The minimum Gasteiger partial charge on any atom is -0.381 e. The maximum Gasteiger partial charge on any atom is 0.254 e. The Morgan fingerprint density at radius 3 is 2.87 bits per heavy atom. The number of ether oxygens (including phenoxy) is 1. The molecule has 3 N–H and O–H groups in total. The highest BCUT2D eigenvalue weighted by Crippen LogP contribution is 2.36. The van der Waals surface area contributed by atoms with Crippen LogP contribution in [0.15, 0.2) is 48.8 Å². The molecular formula is C29H31FN6O2. The molecule has 0 saturated carbocycles. The van der Waals surface area contributed by atoms with E-state index < -0.39 is 0 Å². The van der Waals surface area contributed by atoms with E-state index in [0.29, 0.717) is 48.3 Å². The van der Waals surface area contributed by atoms with E-state index >= 15 is 0 Å². The number of carbonyl (C=O) groups excluding carboxylic acids is 1. The van der Waals surface area contributed by atoms with E-state index in [2.05, 4.69) is 47.8 Å². The van der Waals surface area contributed by atoms with Crippen molar-refractivity contribution in [1.82, 2.24) is 25.0 Å². The van der Waals surface area contributed by atoms with Crippen molar-refractivity contribution in [1.29, 1.82) is 0 Å². The number of nitrogens with one attached hydrogen (secondary N) is 3. The van der Waals surface area contributed by atoms with Gasteiger partial charge in [-0.3, -0.25) is 9.20 Å². The van der Waals surface area contributed by atoms with Gasteiger partial charge in [0.1, 0.15) is 17.3 Å². The van der Waals surface area contributed by atoms with Gasteiger partial charge in [0.05, 0.1) is 35.4 Å². The summed E-state index contributed by atoms with van der Waals surface area (Å²) in [6.45, 7) is 8.93. The van der Waals surface area contributed by atoms with Crippen LogP contribution in [0, 0.1) is 5.82 Å². The predicted octanol–water partition coefficient (Wildman–Crippen LogP) is 4.91. The SMILES string of the molecule is CC(C)(C)NCc1nc(Nc2ccc(-c3cnc4cc(F)ccn34)c3c2C(=O)NC3)ccc1C1CCOC1. The molecule has 1 fully saturated rings. The number of pyridine rings is 2. The lowest BCUT2D eigenvalue weighted by Gasteiger charge is -2.23.